The van der Waals surface area contributed by atoms with Crippen molar-refractivity contribution in [2.24, 2.45) is 0 Å². The van der Waals surface area contributed by atoms with Gasteiger partial charge in [0, 0.05) is 23.1 Å². The van der Waals surface area contributed by atoms with Crippen LogP contribution in [0.5, 0.6) is 0 Å². The van der Waals surface area contributed by atoms with Crippen LogP contribution in [0.2, 0.25) is 0 Å². The summed E-state index contributed by atoms with van der Waals surface area (Å²) in [6.07, 6.45) is 4.65. The molecule has 2 aromatic carbocycles. The van der Waals surface area contributed by atoms with Gasteiger partial charge in [0.05, 0.1) is 0 Å². The number of carbonyl (C=O) groups is 2. The van der Waals surface area contributed by atoms with Gasteiger partial charge in [0.25, 0.3) is 17.4 Å². The molecule has 0 bridgehead atoms. The van der Waals surface area contributed by atoms with Gasteiger partial charge in [0.2, 0.25) is 0 Å². The average Bonchev–Trinajstić information content (AvgIpc) is 3.27. The Morgan fingerprint density at radius 3 is 2.41 bits per heavy atom. The Bertz CT molecular complexity index is 1500. The molecule has 2 amide bonds. The van der Waals surface area contributed by atoms with Crippen molar-refractivity contribution in [3.8, 4) is 0 Å². The van der Waals surface area contributed by atoms with Crippen molar-refractivity contribution in [1.29, 1.82) is 0 Å². The van der Waals surface area contributed by atoms with E-state index in [0.29, 0.717) is 28.5 Å². The summed E-state index contributed by atoms with van der Waals surface area (Å²) in [7, 11) is 0. The third-order valence-corrected chi connectivity index (χ3v) is 7.42. The van der Waals surface area contributed by atoms with Crippen LogP contribution in [-0.4, -0.2) is 21.2 Å². The van der Waals surface area contributed by atoms with Crippen LogP contribution in [0.1, 0.15) is 75.7 Å². The highest BCUT2D eigenvalue weighted by Gasteiger charge is 2.27. The van der Waals surface area contributed by atoms with E-state index in [1.54, 1.807) is 0 Å². The zero-order chi connectivity index (χ0) is 26.5. The summed E-state index contributed by atoms with van der Waals surface area (Å²) in [6, 6.07) is 14.7. The lowest BCUT2D eigenvalue weighted by Gasteiger charge is -2.11. The van der Waals surface area contributed by atoms with Crippen molar-refractivity contribution in [1.82, 2.24) is 9.38 Å². The van der Waals surface area contributed by atoms with Crippen LogP contribution < -0.4 is 16.2 Å². The minimum Gasteiger partial charge on any atom is -0.321 e. The van der Waals surface area contributed by atoms with Gasteiger partial charge in [-0.05, 0) is 68.0 Å². The summed E-state index contributed by atoms with van der Waals surface area (Å²) in [5.41, 5.74) is 4.66. The topological polar surface area (TPSA) is 92.6 Å². The normalized spacial score (nSPS) is 11.0. The van der Waals surface area contributed by atoms with Crippen LogP contribution in [0.4, 0.5) is 11.4 Å². The molecule has 37 heavy (non-hydrogen) atoms. The number of nitrogens with one attached hydrogen (secondary N) is 2. The molecular formula is C29H32N4O3S. The van der Waals surface area contributed by atoms with E-state index in [-0.39, 0.29) is 16.1 Å². The molecule has 0 fully saturated rings. The zero-order valence-electron chi connectivity index (χ0n) is 21.7. The number of nitrogens with zero attached hydrogens (tertiary/aromatic N) is 2. The van der Waals surface area contributed by atoms with Crippen LogP contribution in [0.15, 0.2) is 53.3 Å². The number of anilines is 2. The molecule has 7 nitrogen and oxygen atoms in total. The number of rotatable bonds is 9. The molecule has 2 aromatic heterocycles. The standard InChI is InChI=1S/C29H32N4O3S/c1-5-7-11-20-13-15-21(16-14-20)30-27(35)25-26(28(36)32-23-12-8-10-18(3)19(23)4)37-29-31-22(9-6-2)17-24(34)33(25)29/h8,10,12-17H,5-7,9,11H2,1-4H3,(H,30,35)(H,32,36). The maximum atomic E-state index is 13.5. The average molecular weight is 517 g/mol. The van der Waals surface area contributed by atoms with Gasteiger partial charge in [-0.2, -0.15) is 0 Å². The second-order valence-corrected chi connectivity index (χ2v) is 10.2. The van der Waals surface area contributed by atoms with E-state index in [1.165, 1.54) is 16.0 Å². The Morgan fingerprint density at radius 2 is 1.70 bits per heavy atom. The Labute approximate surface area is 220 Å². The molecule has 2 heterocycles. The van der Waals surface area contributed by atoms with Gasteiger partial charge < -0.3 is 10.6 Å². The number of unbranched alkanes of at least 4 members (excludes halogenated alkanes) is 1. The molecule has 0 aliphatic carbocycles. The smallest absolute Gasteiger partial charge is 0.274 e. The lowest BCUT2D eigenvalue weighted by molar-refractivity contribution is 0.0989. The highest BCUT2D eigenvalue weighted by molar-refractivity contribution is 7.19. The summed E-state index contributed by atoms with van der Waals surface area (Å²) in [5, 5.41) is 5.79. The zero-order valence-corrected chi connectivity index (χ0v) is 22.5. The highest BCUT2D eigenvalue weighted by Crippen LogP contribution is 2.26. The molecular weight excluding hydrogens is 484 g/mol. The Morgan fingerprint density at radius 1 is 0.946 bits per heavy atom. The minimum atomic E-state index is -0.536. The maximum Gasteiger partial charge on any atom is 0.274 e. The second-order valence-electron chi connectivity index (χ2n) is 9.19. The molecule has 0 unspecified atom stereocenters. The fourth-order valence-corrected chi connectivity index (χ4v) is 5.20. The van der Waals surface area contributed by atoms with E-state index < -0.39 is 11.8 Å². The molecule has 8 heteroatoms. The predicted molar refractivity (Wildman–Crippen MR) is 150 cm³/mol. The Kier molecular flexibility index (Phi) is 8.18. The van der Waals surface area contributed by atoms with Crippen LogP contribution >= 0.6 is 11.3 Å². The molecule has 0 saturated heterocycles. The number of aromatic nitrogens is 2. The number of hydrogen-bond acceptors (Lipinski definition) is 5. The van der Waals surface area contributed by atoms with Crippen molar-refractivity contribution < 1.29 is 9.59 Å². The van der Waals surface area contributed by atoms with E-state index in [4.69, 9.17) is 0 Å². The molecule has 4 rings (SSSR count). The van der Waals surface area contributed by atoms with E-state index in [2.05, 4.69) is 22.5 Å². The number of carbonyl (C=O) groups excluding carboxylic acids is 2. The fourth-order valence-electron chi connectivity index (χ4n) is 4.16. The monoisotopic (exact) mass is 516 g/mol. The molecule has 2 N–H and O–H groups in total. The summed E-state index contributed by atoms with van der Waals surface area (Å²) < 4.78 is 1.24. The van der Waals surface area contributed by atoms with Gasteiger partial charge in [-0.15, -0.1) is 0 Å². The quantitative estimate of drug-likeness (QED) is 0.278. The van der Waals surface area contributed by atoms with E-state index in [0.717, 1.165) is 48.1 Å². The highest BCUT2D eigenvalue weighted by atomic mass is 32.1. The molecule has 0 aliphatic rings. The molecule has 0 aliphatic heterocycles. The lowest BCUT2D eigenvalue weighted by Crippen LogP contribution is -2.25. The number of amides is 2. The van der Waals surface area contributed by atoms with E-state index in [1.807, 2.05) is 63.2 Å². The number of hydrogen-bond donors (Lipinski definition) is 2. The Hall–Kier alpha value is -3.78. The second kappa shape index (κ2) is 11.5. The molecule has 4 aromatic rings. The SMILES string of the molecule is CCCCc1ccc(NC(=O)c2c(C(=O)Nc3cccc(C)c3C)sc3nc(CCC)cc(=O)n23)cc1. The Balaban J connectivity index is 1.74. The summed E-state index contributed by atoms with van der Waals surface area (Å²) in [4.78, 5) is 45.1. The first-order chi connectivity index (χ1) is 17.8. The fraction of sp³-hybridized carbons (Fsp3) is 0.310. The largest absolute Gasteiger partial charge is 0.321 e. The first-order valence-electron chi connectivity index (χ1n) is 12.7. The van der Waals surface area contributed by atoms with Gasteiger partial charge >= 0.3 is 0 Å². The van der Waals surface area contributed by atoms with Crippen molar-refractivity contribution in [3.63, 3.8) is 0 Å². The number of thiazole rings is 1. The van der Waals surface area contributed by atoms with Crippen LogP contribution in [0.3, 0.4) is 0 Å². The number of aryl methyl sites for hydroxylation is 3. The van der Waals surface area contributed by atoms with Gasteiger partial charge in [-0.25, -0.2) is 9.38 Å². The van der Waals surface area contributed by atoms with E-state index >= 15 is 0 Å². The van der Waals surface area contributed by atoms with Gasteiger partial charge in [0.15, 0.2) is 4.96 Å². The molecule has 192 valence electrons. The molecule has 0 saturated carbocycles. The predicted octanol–water partition coefficient (Wildman–Crippen LogP) is 6.17. The number of fused-ring (bicyclic) bond motifs is 1. The molecule has 0 radical (unpaired) electrons. The van der Waals surface area contributed by atoms with Gasteiger partial charge in [-0.3, -0.25) is 14.4 Å². The van der Waals surface area contributed by atoms with Crippen LogP contribution in [0, 0.1) is 13.8 Å². The van der Waals surface area contributed by atoms with Gasteiger partial charge in [0.1, 0.15) is 10.6 Å². The molecule has 0 atom stereocenters. The van der Waals surface area contributed by atoms with Crippen LogP contribution in [0.25, 0.3) is 4.96 Å². The molecule has 0 spiro atoms. The summed E-state index contributed by atoms with van der Waals surface area (Å²) >= 11 is 1.04. The third kappa shape index (κ3) is 5.80. The summed E-state index contributed by atoms with van der Waals surface area (Å²) in [5.74, 6) is -0.994. The first kappa shape index (κ1) is 26.3. The van der Waals surface area contributed by atoms with Crippen molar-refractivity contribution in [2.75, 3.05) is 10.6 Å². The van der Waals surface area contributed by atoms with Crippen molar-refractivity contribution in [2.45, 2.75) is 59.8 Å². The maximum absolute atomic E-state index is 13.5. The van der Waals surface area contributed by atoms with Crippen LogP contribution in [-0.2, 0) is 12.8 Å². The number of benzene rings is 2. The summed E-state index contributed by atoms with van der Waals surface area (Å²) in [6.45, 7) is 8.05. The van der Waals surface area contributed by atoms with E-state index in [9.17, 15) is 14.4 Å². The minimum absolute atomic E-state index is 0.0154. The first-order valence-corrected chi connectivity index (χ1v) is 13.5. The lowest BCUT2D eigenvalue weighted by atomic mass is 10.1. The van der Waals surface area contributed by atoms with Crippen molar-refractivity contribution >= 4 is 39.5 Å². The third-order valence-electron chi connectivity index (χ3n) is 6.38. The van der Waals surface area contributed by atoms with Crippen molar-refractivity contribution in [3.05, 3.63) is 91.8 Å². The van der Waals surface area contributed by atoms with Gasteiger partial charge in [-0.1, -0.05) is 62.3 Å².